The molecule has 0 aliphatic carbocycles. The summed E-state index contributed by atoms with van der Waals surface area (Å²) in [5, 5.41) is 9.06. The maximum absolute atomic E-state index is 14.0. The van der Waals surface area contributed by atoms with Crippen molar-refractivity contribution in [2.24, 2.45) is 0 Å². The Kier molecular flexibility index (Phi) is 5.84. The molecule has 0 fully saturated rings. The Labute approximate surface area is 165 Å². The predicted molar refractivity (Wildman–Crippen MR) is 110 cm³/mol. The van der Waals surface area contributed by atoms with Crippen LogP contribution in [0.25, 0.3) is 5.57 Å². The number of carboxylic acid groups (broad SMARTS) is 1. The van der Waals surface area contributed by atoms with Gasteiger partial charge in [-0.1, -0.05) is 60.3 Å². The van der Waals surface area contributed by atoms with Crippen molar-refractivity contribution in [1.29, 1.82) is 0 Å². The molecule has 0 saturated carbocycles. The van der Waals surface area contributed by atoms with Crippen molar-refractivity contribution in [2.75, 3.05) is 0 Å². The van der Waals surface area contributed by atoms with Crippen molar-refractivity contribution in [3.8, 4) is 0 Å². The number of hydrogen-bond acceptors (Lipinski definition) is 1. The topological polar surface area (TPSA) is 37.3 Å². The highest BCUT2D eigenvalue weighted by Gasteiger charge is 2.29. The third-order valence-corrected chi connectivity index (χ3v) is 4.85. The molecule has 0 atom stereocenters. The lowest BCUT2D eigenvalue weighted by molar-refractivity contribution is 0.0697. The van der Waals surface area contributed by atoms with Crippen LogP contribution >= 0.6 is 0 Å². The van der Waals surface area contributed by atoms with E-state index >= 15 is 0 Å². The lowest BCUT2D eigenvalue weighted by Crippen LogP contribution is -2.23. The smallest absolute Gasteiger partial charge is 0.335 e. The van der Waals surface area contributed by atoms with Gasteiger partial charge in [-0.3, -0.25) is 0 Å². The van der Waals surface area contributed by atoms with Crippen LogP contribution in [0.15, 0.2) is 43.0 Å². The first-order chi connectivity index (χ1) is 12.7. The van der Waals surface area contributed by atoms with Crippen molar-refractivity contribution in [1.82, 2.24) is 0 Å². The van der Waals surface area contributed by atoms with E-state index in [1.165, 1.54) is 12.1 Å². The molecular weight excluding hydrogens is 358 g/mol. The van der Waals surface area contributed by atoms with Gasteiger partial charge in [-0.15, -0.1) is 0 Å². The highest BCUT2D eigenvalue weighted by atomic mass is 19.3. The fraction of sp³-hybridized carbons (Fsp3) is 0.375. The average Bonchev–Trinajstić information content (AvgIpc) is 2.58. The number of carbonyl (C=O) groups is 1. The van der Waals surface area contributed by atoms with E-state index < -0.39 is 12.4 Å². The SMILES string of the molecule is C=C(c1ccc(C(=O)O)cc1)c1cc(C(C)(C)C)c(C(C)(C)C)cc1C(F)F. The quantitative estimate of drug-likeness (QED) is 0.615. The number of alkyl halides is 2. The second-order valence-corrected chi connectivity index (χ2v) is 9.15. The molecule has 2 rings (SSSR count). The standard InChI is InChI=1S/C24H28F2O2/c1-14(15-8-10-16(11-9-15)22(27)28)17-12-19(23(2,3)4)20(24(5,6)7)13-18(17)21(25)26/h8-13,21H,1H2,2-7H3,(H,27,28). The minimum atomic E-state index is -2.64. The van der Waals surface area contributed by atoms with E-state index in [0.29, 0.717) is 16.7 Å². The van der Waals surface area contributed by atoms with Crippen LogP contribution in [-0.4, -0.2) is 11.1 Å². The van der Waals surface area contributed by atoms with Crippen LogP contribution in [0, 0.1) is 0 Å². The van der Waals surface area contributed by atoms with Crippen molar-refractivity contribution in [3.05, 3.63) is 76.4 Å². The van der Waals surface area contributed by atoms with Gasteiger partial charge in [-0.2, -0.15) is 0 Å². The van der Waals surface area contributed by atoms with E-state index in [1.54, 1.807) is 18.2 Å². The lowest BCUT2D eigenvalue weighted by Gasteiger charge is -2.32. The van der Waals surface area contributed by atoms with E-state index in [0.717, 1.165) is 11.1 Å². The number of benzene rings is 2. The van der Waals surface area contributed by atoms with Crippen molar-refractivity contribution in [2.45, 2.75) is 58.8 Å². The molecule has 0 saturated heterocycles. The molecule has 28 heavy (non-hydrogen) atoms. The first-order valence-electron chi connectivity index (χ1n) is 9.23. The summed E-state index contributed by atoms with van der Waals surface area (Å²) in [5.74, 6) is -1.03. The van der Waals surface area contributed by atoms with E-state index in [-0.39, 0.29) is 22.0 Å². The molecule has 2 nitrogen and oxygen atoms in total. The normalized spacial score (nSPS) is 12.3. The van der Waals surface area contributed by atoms with Crippen LogP contribution in [0.2, 0.25) is 0 Å². The minimum absolute atomic E-state index is 0.0507. The number of rotatable bonds is 4. The molecule has 0 aliphatic rings. The number of aromatic carboxylic acids is 1. The van der Waals surface area contributed by atoms with Crippen LogP contribution < -0.4 is 0 Å². The second kappa shape index (κ2) is 7.50. The number of carboxylic acids is 1. The maximum atomic E-state index is 14.0. The zero-order valence-electron chi connectivity index (χ0n) is 17.4. The van der Waals surface area contributed by atoms with Crippen molar-refractivity contribution < 1.29 is 18.7 Å². The molecule has 0 spiro atoms. The van der Waals surface area contributed by atoms with E-state index in [1.807, 2.05) is 26.8 Å². The molecule has 0 heterocycles. The van der Waals surface area contributed by atoms with Crippen molar-refractivity contribution in [3.63, 3.8) is 0 Å². The molecule has 2 aromatic carbocycles. The Morgan fingerprint density at radius 2 is 1.32 bits per heavy atom. The highest BCUT2D eigenvalue weighted by molar-refractivity contribution is 5.89. The van der Waals surface area contributed by atoms with Gasteiger partial charge in [0.1, 0.15) is 0 Å². The van der Waals surface area contributed by atoms with Crippen LogP contribution in [0.5, 0.6) is 0 Å². The van der Waals surface area contributed by atoms with Crippen molar-refractivity contribution >= 4 is 11.5 Å². The maximum Gasteiger partial charge on any atom is 0.335 e. The van der Waals surface area contributed by atoms with Gasteiger partial charge in [0.2, 0.25) is 0 Å². The van der Waals surface area contributed by atoms with Gasteiger partial charge in [0.15, 0.2) is 0 Å². The van der Waals surface area contributed by atoms with Gasteiger partial charge in [0.05, 0.1) is 5.56 Å². The molecule has 4 heteroatoms. The molecule has 1 N–H and O–H groups in total. The Hall–Kier alpha value is -2.49. The molecule has 0 unspecified atom stereocenters. The first kappa shape index (κ1) is 21.8. The molecule has 2 aromatic rings. The summed E-state index contributed by atoms with van der Waals surface area (Å²) in [6.07, 6.45) is -2.64. The molecule has 0 aromatic heterocycles. The Bertz CT molecular complexity index is 896. The zero-order valence-corrected chi connectivity index (χ0v) is 17.4. The van der Waals surface area contributed by atoms with Gasteiger partial charge in [-0.05, 0) is 62.9 Å². The Morgan fingerprint density at radius 3 is 1.71 bits per heavy atom. The molecule has 0 bridgehead atoms. The zero-order chi connectivity index (χ0) is 21.4. The summed E-state index contributed by atoms with van der Waals surface area (Å²) in [6, 6.07) is 9.57. The predicted octanol–water partition coefficient (Wildman–Crippen LogP) is 6.98. The van der Waals surface area contributed by atoms with E-state index in [9.17, 15) is 13.6 Å². The largest absolute Gasteiger partial charge is 0.478 e. The van der Waals surface area contributed by atoms with Crippen LogP contribution in [0.3, 0.4) is 0 Å². The third kappa shape index (κ3) is 4.49. The monoisotopic (exact) mass is 386 g/mol. The fourth-order valence-electron chi connectivity index (χ4n) is 3.27. The number of hydrogen-bond donors (Lipinski definition) is 1. The molecule has 150 valence electrons. The van der Waals surface area contributed by atoms with Gasteiger partial charge in [0, 0.05) is 5.56 Å². The first-order valence-corrected chi connectivity index (χ1v) is 9.23. The van der Waals surface area contributed by atoms with Crippen LogP contribution in [-0.2, 0) is 10.8 Å². The fourth-order valence-corrected chi connectivity index (χ4v) is 3.27. The summed E-state index contributed by atoms with van der Waals surface area (Å²) < 4.78 is 27.9. The molecule has 0 radical (unpaired) electrons. The van der Waals surface area contributed by atoms with Gasteiger partial charge >= 0.3 is 5.97 Å². The molecule has 0 amide bonds. The molecular formula is C24H28F2O2. The van der Waals surface area contributed by atoms with Crippen LogP contribution in [0.1, 0.15) is 86.1 Å². The van der Waals surface area contributed by atoms with E-state index in [2.05, 4.69) is 27.4 Å². The van der Waals surface area contributed by atoms with Gasteiger partial charge in [-0.25, -0.2) is 13.6 Å². The number of halogens is 2. The second-order valence-electron chi connectivity index (χ2n) is 9.15. The Balaban J connectivity index is 2.71. The minimum Gasteiger partial charge on any atom is -0.478 e. The van der Waals surface area contributed by atoms with Gasteiger partial charge < -0.3 is 5.11 Å². The van der Waals surface area contributed by atoms with Crippen LogP contribution in [0.4, 0.5) is 8.78 Å². The highest BCUT2D eigenvalue weighted by Crippen LogP contribution is 2.41. The van der Waals surface area contributed by atoms with Gasteiger partial charge in [0.25, 0.3) is 6.43 Å². The lowest BCUT2D eigenvalue weighted by atomic mass is 9.73. The average molecular weight is 386 g/mol. The summed E-state index contributed by atoms with van der Waals surface area (Å²) in [5.41, 5.74) is 2.95. The summed E-state index contributed by atoms with van der Waals surface area (Å²) >= 11 is 0. The van der Waals surface area contributed by atoms with E-state index in [4.69, 9.17) is 5.11 Å². The Morgan fingerprint density at radius 1 is 0.893 bits per heavy atom. The summed E-state index contributed by atoms with van der Waals surface area (Å²) in [6.45, 7) is 16.3. The molecule has 0 aliphatic heterocycles. The summed E-state index contributed by atoms with van der Waals surface area (Å²) in [4.78, 5) is 11.1. The summed E-state index contributed by atoms with van der Waals surface area (Å²) in [7, 11) is 0. The third-order valence-electron chi connectivity index (χ3n) is 4.85.